The zero-order valence-electron chi connectivity index (χ0n) is 21.3. The third kappa shape index (κ3) is 6.94. The van der Waals surface area contributed by atoms with Crippen LogP contribution in [0.4, 0.5) is 5.69 Å². The summed E-state index contributed by atoms with van der Waals surface area (Å²) in [6, 6.07) is 13.9. The molecule has 204 valence electrons. The number of sulfonamides is 1. The van der Waals surface area contributed by atoms with E-state index in [2.05, 4.69) is 5.32 Å². The van der Waals surface area contributed by atoms with Crippen molar-refractivity contribution in [2.45, 2.75) is 11.8 Å². The average molecular weight is 583 g/mol. The second kappa shape index (κ2) is 12.9. The van der Waals surface area contributed by atoms with E-state index in [0.29, 0.717) is 16.5 Å². The molecule has 0 atom stereocenters. The van der Waals surface area contributed by atoms with Crippen molar-refractivity contribution in [1.82, 2.24) is 5.32 Å². The zero-order valence-corrected chi connectivity index (χ0v) is 23.6. The molecule has 0 unspecified atom stereocenters. The second-order valence-electron chi connectivity index (χ2n) is 7.95. The van der Waals surface area contributed by atoms with Gasteiger partial charge in [0.1, 0.15) is 24.7 Å². The summed E-state index contributed by atoms with van der Waals surface area (Å²) >= 11 is 12.3. The van der Waals surface area contributed by atoms with E-state index >= 15 is 0 Å². The Labute approximate surface area is 232 Å². The first kappa shape index (κ1) is 29.2. The predicted octanol–water partition coefficient (Wildman–Crippen LogP) is 4.72. The van der Waals surface area contributed by atoms with Crippen LogP contribution in [0.25, 0.3) is 0 Å². The van der Waals surface area contributed by atoms with Gasteiger partial charge in [0.15, 0.2) is 11.5 Å². The first-order chi connectivity index (χ1) is 18.1. The van der Waals surface area contributed by atoms with E-state index in [-0.39, 0.29) is 40.3 Å². The van der Waals surface area contributed by atoms with Crippen LogP contribution in [0.5, 0.6) is 23.0 Å². The lowest BCUT2D eigenvalue weighted by Gasteiger charge is -2.26. The summed E-state index contributed by atoms with van der Waals surface area (Å²) < 4.78 is 50.0. The number of amides is 1. The largest absolute Gasteiger partial charge is 0.495 e. The maximum atomic E-state index is 13.8. The van der Waals surface area contributed by atoms with Crippen molar-refractivity contribution in [3.05, 3.63) is 70.2 Å². The van der Waals surface area contributed by atoms with Crippen molar-refractivity contribution in [3.63, 3.8) is 0 Å². The predicted molar refractivity (Wildman–Crippen MR) is 147 cm³/mol. The van der Waals surface area contributed by atoms with Gasteiger partial charge >= 0.3 is 0 Å². The number of hydrogen-bond acceptors (Lipinski definition) is 7. The highest BCUT2D eigenvalue weighted by Gasteiger charge is 2.30. The van der Waals surface area contributed by atoms with E-state index in [1.165, 1.54) is 51.7 Å². The molecule has 0 bridgehead atoms. The fraction of sp³-hybridized carbons (Fsp3) is 0.269. The molecule has 38 heavy (non-hydrogen) atoms. The fourth-order valence-corrected chi connectivity index (χ4v) is 5.25. The molecule has 0 saturated heterocycles. The van der Waals surface area contributed by atoms with Gasteiger partial charge in [-0.1, -0.05) is 29.3 Å². The molecule has 0 aliphatic carbocycles. The normalized spacial score (nSPS) is 11.0. The number of nitrogens with zero attached hydrogens (tertiary/aromatic N) is 1. The van der Waals surface area contributed by atoms with Crippen LogP contribution in [0.1, 0.15) is 5.56 Å². The van der Waals surface area contributed by atoms with Crippen LogP contribution in [0, 0.1) is 6.92 Å². The number of nitrogens with one attached hydrogen (secondary N) is 1. The summed E-state index contributed by atoms with van der Waals surface area (Å²) in [7, 11) is -0.0586. The third-order valence-corrected chi connectivity index (χ3v) is 7.87. The van der Waals surface area contributed by atoms with E-state index in [1.807, 2.05) is 13.0 Å². The molecule has 0 heterocycles. The Bertz CT molecular complexity index is 1400. The first-order valence-corrected chi connectivity index (χ1v) is 13.5. The highest BCUT2D eigenvalue weighted by atomic mass is 35.5. The Morgan fingerprint density at radius 2 is 1.58 bits per heavy atom. The number of aryl methyl sites for hydroxylation is 1. The van der Waals surface area contributed by atoms with Crippen molar-refractivity contribution in [2.75, 3.05) is 45.3 Å². The number of benzene rings is 3. The molecule has 0 aliphatic heterocycles. The maximum absolute atomic E-state index is 13.8. The number of anilines is 1. The molecular formula is C26H28Cl2N2O7S. The van der Waals surface area contributed by atoms with E-state index in [0.717, 1.165) is 9.87 Å². The molecular weight excluding hydrogens is 555 g/mol. The molecule has 9 nitrogen and oxygen atoms in total. The lowest BCUT2D eigenvalue weighted by Crippen LogP contribution is -2.42. The highest BCUT2D eigenvalue weighted by molar-refractivity contribution is 7.92. The van der Waals surface area contributed by atoms with Crippen LogP contribution in [-0.4, -0.2) is 55.4 Å². The van der Waals surface area contributed by atoms with Crippen LogP contribution in [-0.2, 0) is 14.8 Å². The minimum atomic E-state index is -4.29. The Balaban J connectivity index is 1.84. The number of ether oxygens (including phenoxy) is 4. The van der Waals surface area contributed by atoms with Gasteiger partial charge in [0.2, 0.25) is 5.91 Å². The molecule has 0 aliphatic rings. The van der Waals surface area contributed by atoms with Crippen molar-refractivity contribution in [1.29, 1.82) is 0 Å². The van der Waals surface area contributed by atoms with Gasteiger partial charge in [0.05, 0.1) is 38.5 Å². The van der Waals surface area contributed by atoms with Crippen LogP contribution < -0.4 is 28.6 Å². The maximum Gasteiger partial charge on any atom is 0.265 e. The molecule has 3 rings (SSSR count). The van der Waals surface area contributed by atoms with Crippen molar-refractivity contribution in [2.24, 2.45) is 0 Å². The summed E-state index contributed by atoms with van der Waals surface area (Å²) in [6.07, 6.45) is 0. The monoisotopic (exact) mass is 582 g/mol. The van der Waals surface area contributed by atoms with Gasteiger partial charge in [-0.25, -0.2) is 8.42 Å². The van der Waals surface area contributed by atoms with E-state index in [9.17, 15) is 13.2 Å². The second-order valence-corrected chi connectivity index (χ2v) is 10.7. The SMILES string of the molecule is COc1ccc(S(=O)(=O)N(CC(=O)NCCOc2ccc(C)c(Cl)c2)c2cc(Cl)ccc2OC)cc1OC. The molecule has 3 aromatic rings. The minimum Gasteiger partial charge on any atom is -0.495 e. The number of hydrogen-bond donors (Lipinski definition) is 1. The van der Waals surface area contributed by atoms with Gasteiger partial charge in [-0.15, -0.1) is 0 Å². The number of carbonyl (C=O) groups is 1. The smallest absolute Gasteiger partial charge is 0.265 e. The number of methoxy groups -OCH3 is 3. The molecule has 1 amide bonds. The van der Waals surface area contributed by atoms with E-state index in [1.54, 1.807) is 18.2 Å². The third-order valence-electron chi connectivity index (χ3n) is 5.48. The quantitative estimate of drug-likeness (QED) is 0.308. The topological polar surface area (TPSA) is 103 Å². The van der Waals surface area contributed by atoms with E-state index < -0.39 is 22.5 Å². The number of rotatable bonds is 12. The van der Waals surface area contributed by atoms with Crippen molar-refractivity contribution >= 4 is 44.8 Å². The lowest BCUT2D eigenvalue weighted by molar-refractivity contribution is -0.119. The molecule has 0 radical (unpaired) electrons. The summed E-state index contributed by atoms with van der Waals surface area (Å²) in [6.45, 7) is 1.60. The summed E-state index contributed by atoms with van der Waals surface area (Å²) in [5.74, 6) is 0.763. The first-order valence-electron chi connectivity index (χ1n) is 11.3. The molecule has 0 aromatic heterocycles. The van der Waals surface area contributed by atoms with Gasteiger partial charge < -0.3 is 24.3 Å². The van der Waals surface area contributed by atoms with Crippen molar-refractivity contribution < 1.29 is 32.2 Å². The van der Waals surface area contributed by atoms with Gasteiger partial charge in [-0.3, -0.25) is 9.10 Å². The Morgan fingerprint density at radius 1 is 0.895 bits per heavy atom. The molecule has 3 aromatic carbocycles. The summed E-state index contributed by atoms with van der Waals surface area (Å²) in [5, 5.41) is 3.50. The molecule has 0 spiro atoms. The number of halogens is 2. The van der Waals surface area contributed by atoms with Gasteiger partial charge in [-0.2, -0.15) is 0 Å². The lowest BCUT2D eigenvalue weighted by atomic mass is 10.2. The van der Waals surface area contributed by atoms with E-state index in [4.69, 9.17) is 42.1 Å². The minimum absolute atomic E-state index is 0.0930. The molecule has 1 N–H and O–H groups in total. The Morgan fingerprint density at radius 3 is 2.24 bits per heavy atom. The molecule has 0 fully saturated rings. The van der Waals surface area contributed by atoms with Crippen molar-refractivity contribution in [3.8, 4) is 23.0 Å². The van der Waals surface area contributed by atoms with Gasteiger partial charge in [0.25, 0.3) is 10.0 Å². The van der Waals surface area contributed by atoms with Crippen LogP contribution in [0.2, 0.25) is 10.0 Å². The summed E-state index contributed by atoms with van der Waals surface area (Å²) in [4.78, 5) is 12.8. The molecule has 12 heteroatoms. The Hall–Kier alpha value is -3.34. The number of carbonyl (C=O) groups excluding carboxylic acids is 1. The zero-order chi connectivity index (χ0) is 27.9. The van der Waals surface area contributed by atoms with Crippen LogP contribution >= 0.6 is 23.2 Å². The van der Waals surface area contributed by atoms with Gasteiger partial charge in [0, 0.05) is 16.1 Å². The Kier molecular flexibility index (Phi) is 9.96. The fourth-order valence-electron chi connectivity index (χ4n) is 3.47. The van der Waals surface area contributed by atoms with Crippen LogP contribution in [0.15, 0.2) is 59.5 Å². The molecule has 0 saturated carbocycles. The highest BCUT2D eigenvalue weighted by Crippen LogP contribution is 2.37. The van der Waals surface area contributed by atoms with Gasteiger partial charge in [-0.05, 0) is 55.0 Å². The van der Waals surface area contributed by atoms with Crippen LogP contribution in [0.3, 0.4) is 0 Å². The standard InChI is InChI=1S/C26H28Cl2N2O7S/c1-17-5-7-19(14-21(17)28)37-12-11-29-26(31)16-30(22-13-18(27)6-9-23(22)34-2)38(32,33)20-8-10-24(35-3)25(15-20)36-4/h5-10,13-15H,11-12,16H2,1-4H3,(H,29,31). The average Bonchev–Trinajstić information content (AvgIpc) is 2.91. The summed E-state index contributed by atoms with van der Waals surface area (Å²) in [5.41, 5.74) is 1.01.